The number of hydrogen-bond acceptors (Lipinski definition) is 1. The SMILES string of the molecule is Cc1cccc(C(=O)N(CCCl)CC(F)(F)F)c1I. The molecule has 0 fully saturated rings. The van der Waals surface area contributed by atoms with Crippen molar-refractivity contribution in [2.24, 2.45) is 0 Å². The molecule has 106 valence electrons. The molecule has 1 rings (SSSR count). The van der Waals surface area contributed by atoms with E-state index in [9.17, 15) is 18.0 Å². The lowest BCUT2D eigenvalue weighted by molar-refractivity contribution is -0.140. The Hall–Kier alpha value is -0.500. The summed E-state index contributed by atoms with van der Waals surface area (Å²) in [5, 5.41) is 0. The van der Waals surface area contributed by atoms with E-state index in [0.717, 1.165) is 10.5 Å². The minimum absolute atomic E-state index is 0.0375. The van der Waals surface area contributed by atoms with Gasteiger partial charge in [-0.1, -0.05) is 12.1 Å². The van der Waals surface area contributed by atoms with Crippen molar-refractivity contribution in [1.29, 1.82) is 0 Å². The van der Waals surface area contributed by atoms with Gasteiger partial charge in [0.25, 0.3) is 5.91 Å². The largest absolute Gasteiger partial charge is 0.406 e. The van der Waals surface area contributed by atoms with Crippen molar-refractivity contribution in [1.82, 2.24) is 4.90 Å². The Balaban J connectivity index is 3.02. The summed E-state index contributed by atoms with van der Waals surface area (Å²) in [5.74, 6) is -0.685. The molecule has 0 heterocycles. The van der Waals surface area contributed by atoms with E-state index in [2.05, 4.69) is 0 Å². The average Bonchev–Trinajstić information content (AvgIpc) is 2.30. The fourth-order valence-electron chi connectivity index (χ4n) is 1.55. The van der Waals surface area contributed by atoms with Crippen molar-refractivity contribution in [2.75, 3.05) is 19.0 Å². The molecule has 0 radical (unpaired) electrons. The highest BCUT2D eigenvalue weighted by Crippen LogP contribution is 2.22. The van der Waals surface area contributed by atoms with Gasteiger partial charge in [-0.25, -0.2) is 0 Å². The molecule has 0 aliphatic carbocycles. The van der Waals surface area contributed by atoms with Gasteiger partial charge >= 0.3 is 6.18 Å². The van der Waals surface area contributed by atoms with E-state index in [1.54, 1.807) is 19.1 Å². The third-order valence-electron chi connectivity index (χ3n) is 2.43. The monoisotopic (exact) mass is 405 g/mol. The number of alkyl halides is 4. The maximum Gasteiger partial charge on any atom is 0.406 e. The molecule has 1 aromatic carbocycles. The first kappa shape index (κ1) is 16.6. The number of nitrogens with zero attached hydrogens (tertiary/aromatic N) is 1. The van der Waals surface area contributed by atoms with Crippen LogP contribution < -0.4 is 0 Å². The van der Waals surface area contributed by atoms with Gasteiger partial charge in [-0.2, -0.15) is 13.2 Å². The molecule has 0 aromatic heterocycles. The van der Waals surface area contributed by atoms with Crippen LogP contribution in [0.5, 0.6) is 0 Å². The number of rotatable bonds is 4. The Morgan fingerprint density at radius 2 is 2.05 bits per heavy atom. The van der Waals surface area contributed by atoms with Crippen molar-refractivity contribution >= 4 is 40.1 Å². The van der Waals surface area contributed by atoms with Gasteiger partial charge in [0, 0.05) is 16.0 Å². The molecule has 0 atom stereocenters. The number of aryl methyl sites for hydroxylation is 1. The van der Waals surface area contributed by atoms with Gasteiger partial charge < -0.3 is 4.90 Å². The number of carbonyl (C=O) groups is 1. The smallest absolute Gasteiger partial charge is 0.328 e. The number of hydrogen-bond donors (Lipinski definition) is 0. The fourth-order valence-corrected chi connectivity index (χ4v) is 2.35. The predicted octanol–water partition coefficient (Wildman–Crippen LogP) is 3.84. The summed E-state index contributed by atoms with van der Waals surface area (Å²) in [6.45, 7) is 0.376. The molecule has 0 spiro atoms. The first-order valence-corrected chi connectivity index (χ1v) is 7.04. The molecule has 0 aliphatic heterocycles. The summed E-state index contributed by atoms with van der Waals surface area (Å²) < 4.78 is 38.0. The van der Waals surface area contributed by atoms with E-state index in [1.165, 1.54) is 6.07 Å². The first-order chi connectivity index (χ1) is 8.76. The van der Waals surface area contributed by atoms with Crippen LogP contribution in [0.15, 0.2) is 18.2 Å². The molecule has 0 bridgehead atoms. The topological polar surface area (TPSA) is 20.3 Å². The van der Waals surface area contributed by atoms with E-state index in [-0.39, 0.29) is 18.0 Å². The van der Waals surface area contributed by atoms with E-state index >= 15 is 0 Å². The van der Waals surface area contributed by atoms with Gasteiger partial charge in [-0.3, -0.25) is 4.79 Å². The minimum Gasteiger partial charge on any atom is -0.328 e. The number of carbonyl (C=O) groups excluding carboxylic acids is 1. The molecule has 0 saturated heterocycles. The first-order valence-electron chi connectivity index (χ1n) is 5.43. The number of halogens is 5. The molecule has 0 unspecified atom stereocenters. The third kappa shape index (κ3) is 4.83. The second-order valence-electron chi connectivity index (χ2n) is 3.97. The van der Waals surface area contributed by atoms with E-state index in [4.69, 9.17) is 11.6 Å². The van der Waals surface area contributed by atoms with Crippen LogP contribution >= 0.6 is 34.2 Å². The molecule has 1 aromatic rings. The van der Waals surface area contributed by atoms with E-state index in [0.29, 0.717) is 3.57 Å². The summed E-state index contributed by atoms with van der Waals surface area (Å²) in [5.41, 5.74) is 1.12. The van der Waals surface area contributed by atoms with Crippen molar-refractivity contribution in [3.8, 4) is 0 Å². The van der Waals surface area contributed by atoms with Gasteiger partial charge in [0.15, 0.2) is 0 Å². The van der Waals surface area contributed by atoms with Crippen molar-refractivity contribution in [3.63, 3.8) is 0 Å². The highest BCUT2D eigenvalue weighted by atomic mass is 127. The lowest BCUT2D eigenvalue weighted by Gasteiger charge is -2.23. The maximum absolute atomic E-state index is 12.4. The van der Waals surface area contributed by atoms with Crippen molar-refractivity contribution < 1.29 is 18.0 Å². The van der Waals surface area contributed by atoms with Gasteiger partial charge in [0.05, 0.1) is 5.56 Å². The molecular formula is C12H12ClF3INO. The standard InChI is InChI=1S/C12H12ClF3INO/c1-8-3-2-4-9(10(8)17)11(19)18(6-5-13)7-12(14,15)16/h2-4H,5-7H2,1H3. The Morgan fingerprint density at radius 1 is 1.42 bits per heavy atom. The zero-order chi connectivity index (χ0) is 14.6. The second kappa shape index (κ2) is 6.78. The molecule has 2 nitrogen and oxygen atoms in total. The number of amides is 1. The van der Waals surface area contributed by atoms with Crippen LogP contribution in [0.3, 0.4) is 0 Å². The van der Waals surface area contributed by atoms with Gasteiger partial charge in [-0.05, 0) is 41.1 Å². The van der Waals surface area contributed by atoms with Crippen molar-refractivity contribution in [3.05, 3.63) is 32.9 Å². The Labute approximate surface area is 128 Å². The van der Waals surface area contributed by atoms with Crippen molar-refractivity contribution in [2.45, 2.75) is 13.1 Å². The van der Waals surface area contributed by atoms with Crippen LogP contribution in [0, 0.1) is 10.5 Å². The van der Waals surface area contributed by atoms with Crippen LogP contribution in [-0.4, -0.2) is 36.0 Å². The van der Waals surface area contributed by atoms with Crippen LogP contribution in [0.4, 0.5) is 13.2 Å². The zero-order valence-corrected chi connectivity index (χ0v) is 13.0. The second-order valence-corrected chi connectivity index (χ2v) is 5.42. The molecule has 0 N–H and O–H groups in total. The highest BCUT2D eigenvalue weighted by molar-refractivity contribution is 14.1. The third-order valence-corrected chi connectivity index (χ3v) is 4.03. The molecule has 0 aliphatic rings. The Bertz CT molecular complexity index is 465. The maximum atomic E-state index is 12.4. The number of benzene rings is 1. The summed E-state index contributed by atoms with van der Waals surface area (Å²) in [6, 6.07) is 4.97. The Kier molecular flexibility index (Phi) is 5.91. The van der Waals surface area contributed by atoms with Crippen LogP contribution in [0.1, 0.15) is 15.9 Å². The van der Waals surface area contributed by atoms with Crippen LogP contribution in [0.25, 0.3) is 0 Å². The van der Waals surface area contributed by atoms with Crippen LogP contribution in [-0.2, 0) is 0 Å². The molecule has 0 saturated carbocycles. The molecule has 7 heteroatoms. The lowest BCUT2D eigenvalue weighted by atomic mass is 10.1. The minimum atomic E-state index is -4.43. The highest BCUT2D eigenvalue weighted by Gasteiger charge is 2.33. The summed E-state index contributed by atoms with van der Waals surface area (Å²) >= 11 is 7.42. The van der Waals surface area contributed by atoms with Gasteiger partial charge in [0.2, 0.25) is 0 Å². The summed E-state index contributed by atoms with van der Waals surface area (Å²) in [6.07, 6.45) is -4.43. The normalized spacial score (nSPS) is 11.5. The Morgan fingerprint density at radius 3 is 2.58 bits per heavy atom. The zero-order valence-electron chi connectivity index (χ0n) is 10.1. The quantitative estimate of drug-likeness (QED) is 0.551. The average molecular weight is 406 g/mol. The molecule has 1 amide bonds. The van der Waals surface area contributed by atoms with Gasteiger partial charge in [-0.15, -0.1) is 11.6 Å². The lowest BCUT2D eigenvalue weighted by Crippen LogP contribution is -2.40. The van der Waals surface area contributed by atoms with E-state index in [1.807, 2.05) is 22.6 Å². The summed E-state index contributed by atoms with van der Waals surface area (Å²) in [7, 11) is 0. The summed E-state index contributed by atoms with van der Waals surface area (Å²) in [4.78, 5) is 12.9. The van der Waals surface area contributed by atoms with E-state index < -0.39 is 18.6 Å². The molecular weight excluding hydrogens is 393 g/mol. The van der Waals surface area contributed by atoms with Crippen LogP contribution in [0.2, 0.25) is 0 Å². The molecule has 19 heavy (non-hydrogen) atoms. The van der Waals surface area contributed by atoms with Gasteiger partial charge in [0.1, 0.15) is 6.54 Å². The fraction of sp³-hybridized carbons (Fsp3) is 0.417. The predicted molar refractivity (Wildman–Crippen MR) is 76.6 cm³/mol.